The van der Waals surface area contributed by atoms with E-state index in [9.17, 15) is 14.3 Å². The molecule has 1 aliphatic rings. The summed E-state index contributed by atoms with van der Waals surface area (Å²) < 4.78 is 13.4. The van der Waals surface area contributed by atoms with Gasteiger partial charge in [0.15, 0.2) is 0 Å². The van der Waals surface area contributed by atoms with Gasteiger partial charge in [-0.3, -0.25) is 9.69 Å². The highest BCUT2D eigenvalue weighted by atomic mass is 35.5. The van der Waals surface area contributed by atoms with Gasteiger partial charge in [-0.2, -0.15) is 0 Å². The number of halogens is 2. The van der Waals surface area contributed by atoms with E-state index in [1.165, 1.54) is 18.2 Å². The van der Waals surface area contributed by atoms with Crippen molar-refractivity contribution < 1.29 is 14.3 Å². The molecule has 0 unspecified atom stereocenters. The van der Waals surface area contributed by atoms with Crippen LogP contribution in [0.3, 0.4) is 0 Å². The van der Waals surface area contributed by atoms with Gasteiger partial charge in [-0.15, -0.1) is 0 Å². The quantitative estimate of drug-likeness (QED) is 0.928. The number of benzene rings is 1. The van der Waals surface area contributed by atoms with Crippen molar-refractivity contribution in [1.29, 1.82) is 0 Å². The fourth-order valence-corrected chi connectivity index (χ4v) is 2.59. The summed E-state index contributed by atoms with van der Waals surface area (Å²) in [4.78, 5) is 16.1. The minimum Gasteiger partial charge on any atom is -0.389 e. The lowest BCUT2D eigenvalue weighted by molar-refractivity contribution is 0.0178. The minimum atomic E-state index is -0.745. The van der Waals surface area contributed by atoms with Crippen molar-refractivity contribution in [3.8, 4) is 0 Å². The lowest BCUT2D eigenvalue weighted by Gasteiger charge is -2.37. The normalized spacial score (nSPS) is 17.1. The van der Waals surface area contributed by atoms with Crippen LogP contribution in [0, 0.1) is 5.82 Å². The number of hydrogen-bond acceptors (Lipinski definition) is 3. The molecule has 0 spiro atoms. The number of aliphatic hydroxyl groups is 1. The molecule has 0 bridgehead atoms. The molecule has 1 saturated heterocycles. The lowest BCUT2D eigenvalue weighted by atomic mass is 10.1. The van der Waals surface area contributed by atoms with Gasteiger partial charge in [-0.25, -0.2) is 4.39 Å². The molecular formula is C15H20ClFN2O2. The Bertz CT molecular complexity index is 523. The molecule has 0 atom stereocenters. The van der Waals surface area contributed by atoms with E-state index in [-0.39, 0.29) is 10.9 Å². The summed E-state index contributed by atoms with van der Waals surface area (Å²) in [6, 6.07) is 4.11. The molecule has 1 heterocycles. The van der Waals surface area contributed by atoms with Gasteiger partial charge in [-0.1, -0.05) is 11.6 Å². The average Bonchev–Trinajstić information content (AvgIpc) is 2.40. The fourth-order valence-electron chi connectivity index (χ4n) is 2.47. The molecule has 1 aliphatic heterocycles. The highest BCUT2D eigenvalue weighted by Gasteiger charge is 2.25. The van der Waals surface area contributed by atoms with Crippen molar-refractivity contribution in [3.05, 3.63) is 34.6 Å². The number of rotatable bonds is 3. The molecule has 0 aromatic heterocycles. The predicted molar refractivity (Wildman–Crippen MR) is 80.1 cm³/mol. The Kier molecular flexibility index (Phi) is 4.86. The van der Waals surface area contributed by atoms with E-state index < -0.39 is 11.4 Å². The summed E-state index contributed by atoms with van der Waals surface area (Å²) in [6.45, 7) is 6.64. The van der Waals surface area contributed by atoms with E-state index in [0.717, 1.165) is 0 Å². The number of β-amino-alcohol motifs (C(OH)–C–C–N with tert-alkyl or cyclic N) is 1. The number of carbonyl (C=O) groups excluding carboxylic acids is 1. The van der Waals surface area contributed by atoms with E-state index in [1.54, 1.807) is 18.7 Å². The third-order valence-electron chi connectivity index (χ3n) is 3.44. The largest absolute Gasteiger partial charge is 0.389 e. The number of nitrogens with zero attached hydrogens (tertiary/aromatic N) is 2. The molecule has 21 heavy (non-hydrogen) atoms. The molecule has 2 rings (SSSR count). The number of piperazine rings is 1. The van der Waals surface area contributed by atoms with Gasteiger partial charge in [0.05, 0.1) is 10.6 Å². The van der Waals surface area contributed by atoms with Crippen LogP contribution in [0.15, 0.2) is 18.2 Å². The standard InChI is InChI=1S/C15H20ClFN2O2/c1-15(2,21)10-18-5-7-19(8-6-18)14(20)11-3-4-12(16)13(17)9-11/h3-4,9,21H,5-8,10H2,1-2H3. The number of hydrogen-bond donors (Lipinski definition) is 1. The highest BCUT2D eigenvalue weighted by molar-refractivity contribution is 6.30. The summed E-state index contributed by atoms with van der Waals surface area (Å²) in [7, 11) is 0. The second-order valence-corrected chi connectivity index (χ2v) is 6.42. The molecule has 1 aromatic rings. The van der Waals surface area contributed by atoms with Crippen LogP contribution in [-0.2, 0) is 0 Å². The summed E-state index contributed by atoms with van der Waals surface area (Å²) in [5, 5.41) is 9.82. The van der Waals surface area contributed by atoms with Crippen molar-refractivity contribution in [2.45, 2.75) is 19.4 Å². The van der Waals surface area contributed by atoms with Crippen molar-refractivity contribution in [2.75, 3.05) is 32.7 Å². The van der Waals surface area contributed by atoms with E-state index in [2.05, 4.69) is 4.90 Å². The summed E-state index contributed by atoms with van der Waals surface area (Å²) >= 11 is 5.62. The van der Waals surface area contributed by atoms with Gasteiger partial charge in [-0.05, 0) is 32.0 Å². The average molecular weight is 315 g/mol. The summed E-state index contributed by atoms with van der Waals surface area (Å²) in [5.41, 5.74) is -0.432. The molecule has 1 amide bonds. The molecule has 0 aliphatic carbocycles. The molecule has 0 radical (unpaired) electrons. The van der Waals surface area contributed by atoms with Crippen molar-refractivity contribution in [1.82, 2.24) is 9.80 Å². The first-order valence-corrected chi connectivity index (χ1v) is 7.33. The molecule has 1 N–H and O–H groups in total. The van der Waals surface area contributed by atoms with Gasteiger partial charge in [0, 0.05) is 38.3 Å². The maximum absolute atomic E-state index is 13.4. The third kappa shape index (κ3) is 4.40. The van der Waals surface area contributed by atoms with Crippen LogP contribution in [0.25, 0.3) is 0 Å². The van der Waals surface area contributed by atoms with Gasteiger partial charge in [0.1, 0.15) is 5.82 Å². The van der Waals surface area contributed by atoms with Crippen LogP contribution in [0.1, 0.15) is 24.2 Å². The monoisotopic (exact) mass is 314 g/mol. The van der Waals surface area contributed by atoms with Gasteiger partial charge in [0.2, 0.25) is 0 Å². The molecule has 1 aromatic carbocycles. The highest BCUT2D eigenvalue weighted by Crippen LogP contribution is 2.18. The van der Waals surface area contributed by atoms with Crippen LogP contribution in [0.2, 0.25) is 5.02 Å². The molecule has 0 saturated carbocycles. The predicted octanol–water partition coefficient (Wildman–Crippen LogP) is 2.01. The Morgan fingerprint density at radius 1 is 1.33 bits per heavy atom. The Morgan fingerprint density at radius 3 is 2.48 bits per heavy atom. The van der Waals surface area contributed by atoms with Crippen LogP contribution < -0.4 is 0 Å². The van der Waals surface area contributed by atoms with Gasteiger partial charge >= 0.3 is 0 Å². The van der Waals surface area contributed by atoms with E-state index in [4.69, 9.17) is 11.6 Å². The zero-order valence-corrected chi connectivity index (χ0v) is 13.0. The summed E-state index contributed by atoms with van der Waals surface area (Å²) in [5.74, 6) is -0.767. The van der Waals surface area contributed by atoms with Crippen LogP contribution in [0.4, 0.5) is 4.39 Å². The number of carbonyl (C=O) groups is 1. The van der Waals surface area contributed by atoms with Crippen LogP contribution in [0.5, 0.6) is 0 Å². The second kappa shape index (κ2) is 6.30. The van der Waals surface area contributed by atoms with Crippen LogP contribution >= 0.6 is 11.6 Å². The van der Waals surface area contributed by atoms with Crippen molar-refractivity contribution in [2.24, 2.45) is 0 Å². The minimum absolute atomic E-state index is 0.0153. The Balaban J connectivity index is 1.95. The Hall–Kier alpha value is -1.17. The second-order valence-electron chi connectivity index (χ2n) is 6.01. The smallest absolute Gasteiger partial charge is 0.254 e. The Labute approximate surface area is 129 Å². The molecule has 1 fully saturated rings. The van der Waals surface area contributed by atoms with E-state index in [0.29, 0.717) is 38.3 Å². The first-order chi connectivity index (χ1) is 9.76. The zero-order chi connectivity index (χ0) is 15.6. The third-order valence-corrected chi connectivity index (χ3v) is 3.74. The first-order valence-electron chi connectivity index (χ1n) is 6.95. The van der Waals surface area contributed by atoms with Crippen molar-refractivity contribution in [3.63, 3.8) is 0 Å². The lowest BCUT2D eigenvalue weighted by Crippen LogP contribution is -2.52. The van der Waals surface area contributed by atoms with E-state index >= 15 is 0 Å². The topological polar surface area (TPSA) is 43.8 Å². The molecule has 4 nitrogen and oxygen atoms in total. The molecular weight excluding hydrogens is 295 g/mol. The molecule has 116 valence electrons. The maximum Gasteiger partial charge on any atom is 0.254 e. The first kappa shape index (κ1) is 16.2. The zero-order valence-electron chi connectivity index (χ0n) is 12.3. The SMILES string of the molecule is CC(C)(O)CN1CCN(C(=O)c2ccc(Cl)c(F)c2)CC1. The van der Waals surface area contributed by atoms with Gasteiger partial charge in [0.25, 0.3) is 5.91 Å². The maximum atomic E-state index is 13.4. The van der Waals surface area contributed by atoms with Gasteiger partial charge < -0.3 is 10.0 Å². The van der Waals surface area contributed by atoms with Crippen LogP contribution in [-0.4, -0.2) is 59.1 Å². The Morgan fingerprint density at radius 2 is 1.95 bits per heavy atom. The molecule has 6 heteroatoms. The fraction of sp³-hybridized carbons (Fsp3) is 0.533. The van der Waals surface area contributed by atoms with E-state index in [1.807, 2.05) is 0 Å². The summed E-state index contributed by atoms with van der Waals surface area (Å²) in [6.07, 6.45) is 0. The van der Waals surface area contributed by atoms with Crippen molar-refractivity contribution >= 4 is 17.5 Å². The number of amides is 1.